The van der Waals surface area contributed by atoms with Crippen LogP contribution in [0.5, 0.6) is 0 Å². The maximum absolute atomic E-state index is 9.33. The largest absolute Gasteiger partial charge is 0.344 e. The van der Waals surface area contributed by atoms with Crippen LogP contribution < -0.4 is 0 Å². The lowest BCUT2D eigenvalue weighted by Crippen LogP contribution is -2.32. The molecule has 0 atom stereocenters. The van der Waals surface area contributed by atoms with E-state index in [9.17, 15) is 5.11 Å². The summed E-state index contributed by atoms with van der Waals surface area (Å²) in [4.78, 5) is 0. The summed E-state index contributed by atoms with van der Waals surface area (Å²) in [5.74, 6) is -1.40. The number of hydrogen-bond acceptors (Lipinski definition) is 3. The standard InChI is InChI=1S/C8H18O3/c1-4-6-10-8(3,9)11-7-5-2/h9H,4-7H2,1-3H3. The van der Waals surface area contributed by atoms with Gasteiger partial charge in [0.2, 0.25) is 0 Å². The van der Waals surface area contributed by atoms with Gasteiger partial charge < -0.3 is 14.6 Å². The van der Waals surface area contributed by atoms with Gasteiger partial charge in [-0.2, -0.15) is 0 Å². The second-order valence-corrected chi connectivity index (χ2v) is 2.59. The van der Waals surface area contributed by atoms with Crippen LogP contribution in [0.3, 0.4) is 0 Å². The molecule has 0 saturated heterocycles. The molecular formula is C8H18O3. The Labute approximate surface area is 68.3 Å². The summed E-state index contributed by atoms with van der Waals surface area (Å²) in [6, 6.07) is 0. The van der Waals surface area contributed by atoms with Gasteiger partial charge in [0.05, 0.1) is 13.2 Å². The average Bonchev–Trinajstić information content (AvgIpc) is 1.97. The molecule has 0 spiro atoms. The van der Waals surface area contributed by atoms with Gasteiger partial charge in [-0.15, -0.1) is 0 Å². The molecule has 0 heterocycles. The summed E-state index contributed by atoms with van der Waals surface area (Å²) >= 11 is 0. The number of ether oxygens (including phenoxy) is 2. The van der Waals surface area contributed by atoms with Crippen molar-refractivity contribution < 1.29 is 14.6 Å². The van der Waals surface area contributed by atoms with Gasteiger partial charge in [-0.25, -0.2) is 0 Å². The highest BCUT2D eigenvalue weighted by atomic mass is 16.8. The van der Waals surface area contributed by atoms with E-state index in [2.05, 4.69) is 0 Å². The van der Waals surface area contributed by atoms with Gasteiger partial charge >= 0.3 is 0 Å². The molecule has 0 aliphatic carbocycles. The van der Waals surface area contributed by atoms with E-state index in [1.807, 2.05) is 13.8 Å². The minimum atomic E-state index is -1.40. The van der Waals surface area contributed by atoms with Crippen molar-refractivity contribution in [3.05, 3.63) is 0 Å². The van der Waals surface area contributed by atoms with Gasteiger partial charge in [-0.3, -0.25) is 0 Å². The first-order chi connectivity index (χ1) is 5.12. The van der Waals surface area contributed by atoms with E-state index in [1.54, 1.807) is 0 Å². The molecule has 0 saturated carbocycles. The molecule has 0 radical (unpaired) electrons. The second-order valence-electron chi connectivity index (χ2n) is 2.59. The smallest absolute Gasteiger partial charge is 0.277 e. The van der Waals surface area contributed by atoms with Crippen LogP contribution in [0.25, 0.3) is 0 Å². The Balaban J connectivity index is 3.43. The highest BCUT2D eigenvalue weighted by Gasteiger charge is 2.20. The maximum Gasteiger partial charge on any atom is 0.277 e. The Morgan fingerprint density at radius 2 is 1.45 bits per heavy atom. The molecule has 0 aromatic carbocycles. The lowest BCUT2D eigenvalue weighted by molar-refractivity contribution is -0.348. The Kier molecular flexibility index (Phi) is 5.46. The van der Waals surface area contributed by atoms with Crippen molar-refractivity contribution in [2.75, 3.05) is 13.2 Å². The first-order valence-corrected chi connectivity index (χ1v) is 4.12. The predicted octanol–water partition coefficient (Wildman–Crippen LogP) is 1.51. The minimum absolute atomic E-state index is 0.525. The number of rotatable bonds is 6. The van der Waals surface area contributed by atoms with Gasteiger partial charge in [0.1, 0.15) is 0 Å². The van der Waals surface area contributed by atoms with Crippen molar-refractivity contribution in [2.45, 2.75) is 39.6 Å². The molecule has 0 aliphatic heterocycles. The normalized spacial score (nSPS) is 12.0. The monoisotopic (exact) mass is 162 g/mol. The highest BCUT2D eigenvalue weighted by Crippen LogP contribution is 2.08. The lowest BCUT2D eigenvalue weighted by atomic mass is 10.5. The molecular weight excluding hydrogens is 144 g/mol. The third kappa shape index (κ3) is 6.28. The third-order valence-corrected chi connectivity index (χ3v) is 1.15. The van der Waals surface area contributed by atoms with E-state index < -0.39 is 5.97 Å². The van der Waals surface area contributed by atoms with Gasteiger partial charge in [0.15, 0.2) is 0 Å². The van der Waals surface area contributed by atoms with Gasteiger partial charge in [0, 0.05) is 6.92 Å². The van der Waals surface area contributed by atoms with Crippen LogP contribution >= 0.6 is 0 Å². The molecule has 3 nitrogen and oxygen atoms in total. The molecule has 0 amide bonds. The summed E-state index contributed by atoms with van der Waals surface area (Å²) in [6.07, 6.45) is 1.76. The second kappa shape index (κ2) is 5.52. The quantitative estimate of drug-likeness (QED) is 0.601. The number of aliphatic hydroxyl groups is 1. The molecule has 68 valence electrons. The maximum atomic E-state index is 9.33. The summed E-state index contributed by atoms with van der Waals surface area (Å²) < 4.78 is 10.0. The van der Waals surface area contributed by atoms with Crippen molar-refractivity contribution in [3.63, 3.8) is 0 Å². The van der Waals surface area contributed by atoms with Crippen molar-refractivity contribution in [1.29, 1.82) is 0 Å². The van der Waals surface area contributed by atoms with Crippen LogP contribution in [0.2, 0.25) is 0 Å². The minimum Gasteiger partial charge on any atom is -0.344 e. The zero-order chi connectivity index (χ0) is 8.74. The third-order valence-electron chi connectivity index (χ3n) is 1.15. The Hall–Kier alpha value is -0.120. The molecule has 0 rings (SSSR count). The lowest BCUT2D eigenvalue weighted by Gasteiger charge is -2.22. The zero-order valence-electron chi connectivity index (χ0n) is 7.59. The van der Waals surface area contributed by atoms with Gasteiger partial charge in [-0.05, 0) is 12.8 Å². The van der Waals surface area contributed by atoms with E-state index in [0.717, 1.165) is 12.8 Å². The molecule has 0 fully saturated rings. The van der Waals surface area contributed by atoms with Crippen LogP contribution in [0.15, 0.2) is 0 Å². The first-order valence-electron chi connectivity index (χ1n) is 4.12. The van der Waals surface area contributed by atoms with Crippen LogP contribution in [0.1, 0.15) is 33.6 Å². The molecule has 1 N–H and O–H groups in total. The summed E-state index contributed by atoms with van der Waals surface area (Å²) in [5.41, 5.74) is 0. The Morgan fingerprint density at radius 3 is 1.73 bits per heavy atom. The van der Waals surface area contributed by atoms with Crippen molar-refractivity contribution in [3.8, 4) is 0 Å². The Bertz CT molecular complexity index is 81.3. The number of hydrogen-bond donors (Lipinski definition) is 1. The molecule has 11 heavy (non-hydrogen) atoms. The molecule has 0 unspecified atom stereocenters. The Morgan fingerprint density at radius 1 is 1.09 bits per heavy atom. The van der Waals surface area contributed by atoms with Crippen LogP contribution in [0.4, 0.5) is 0 Å². The summed E-state index contributed by atoms with van der Waals surface area (Å²) in [7, 11) is 0. The highest BCUT2D eigenvalue weighted by molar-refractivity contribution is 4.42. The molecule has 0 aromatic heterocycles. The fourth-order valence-corrected chi connectivity index (χ4v) is 0.625. The topological polar surface area (TPSA) is 38.7 Å². The SMILES string of the molecule is CCCOC(C)(O)OCCC. The van der Waals surface area contributed by atoms with Crippen molar-refractivity contribution >= 4 is 0 Å². The first kappa shape index (κ1) is 10.9. The van der Waals surface area contributed by atoms with E-state index in [0.29, 0.717) is 13.2 Å². The van der Waals surface area contributed by atoms with E-state index in [4.69, 9.17) is 9.47 Å². The molecule has 0 aliphatic rings. The van der Waals surface area contributed by atoms with Crippen LogP contribution in [0, 0.1) is 0 Å². The summed E-state index contributed by atoms with van der Waals surface area (Å²) in [6.45, 7) is 6.53. The molecule has 0 bridgehead atoms. The van der Waals surface area contributed by atoms with E-state index >= 15 is 0 Å². The van der Waals surface area contributed by atoms with E-state index in [1.165, 1.54) is 6.92 Å². The summed E-state index contributed by atoms with van der Waals surface area (Å²) in [5, 5.41) is 9.33. The zero-order valence-corrected chi connectivity index (χ0v) is 7.59. The predicted molar refractivity (Wildman–Crippen MR) is 43.1 cm³/mol. The van der Waals surface area contributed by atoms with Crippen LogP contribution in [-0.2, 0) is 9.47 Å². The fourth-order valence-electron chi connectivity index (χ4n) is 0.625. The fraction of sp³-hybridized carbons (Fsp3) is 1.00. The van der Waals surface area contributed by atoms with Crippen molar-refractivity contribution in [1.82, 2.24) is 0 Å². The van der Waals surface area contributed by atoms with Crippen LogP contribution in [-0.4, -0.2) is 24.3 Å². The van der Waals surface area contributed by atoms with E-state index in [-0.39, 0.29) is 0 Å². The van der Waals surface area contributed by atoms with Gasteiger partial charge in [-0.1, -0.05) is 13.8 Å². The molecule has 3 heteroatoms. The van der Waals surface area contributed by atoms with Gasteiger partial charge in [0.25, 0.3) is 5.97 Å². The molecule has 0 aromatic rings. The average molecular weight is 162 g/mol. The van der Waals surface area contributed by atoms with Crippen molar-refractivity contribution in [2.24, 2.45) is 0 Å².